The number of H-pyrrole nitrogens is 1. The number of aromatic nitrogens is 1. The van der Waals surface area contributed by atoms with E-state index in [9.17, 15) is 27.6 Å². The van der Waals surface area contributed by atoms with Crippen molar-refractivity contribution in [3.05, 3.63) is 28.2 Å². The molecule has 0 spiro atoms. The molecule has 2 fully saturated rings. The molecule has 2 aliphatic rings. The molecule has 3 N–H and O–H groups in total. The lowest BCUT2D eigenvalue weighted by Gasteiger charge is -2.21. The molecule has 2 atom stereocenters. The van der Waals surface area contributed by atoms with E-state index in [-0.39, 0.29) is 6.04 Å². The molecule has 9 heteroatoms. The fraction of sp³-hybridized carbons (Fsp3) is 0.588. The van der Waals surface area contributed by atoms with Crippen molar-refractivity contribution in [3.63, 3.8) is 0 Å². The second-order valence-electron chi connectivity index (χ2n) is 6.96. The summed E-state index contributed by atoms with van der Waals surface area (Å²) in [6, 6.07) is 0.433. The van der Waals surface area contributed by atoms with Crippen LogP contribution in [0, 0.1) is 11.8 Å². The van der Waals surface area contributed by atoms with Gasteiger partial charge >= 0.3 is 18.0 Å². The van der Waals surface area contributed by atoms with Crippen molar-refractivity contribution in [2.45, 2.75) is 50.7 Å². The number of aromatic amines is 1. The summed E-state index contributed by atoms with van der Waals surface area (Å²) in [4.78, 5) is 37.4. The van der Waals surface area contributed by atoms with Gasteiger partial charge in [0, 0.05) is 12.2 Å². The summed E-state index contributed by atoms with van der Waals surface area (Å²) in [6.07, 6.45) is 2.50. The van der Waals surface area contributed by atoms with Crippen molar-refractivity contribution in [1.82, 2.24) is 10.3 Å². The molecule has 26 heavy (non-hydrogen) atoms. The van der Waals surface area contributed by atoms with Crippen LogP contribution in [0.2, 0.25) is 0 Å². The molecule has 0 saturated heterocycles. The van der Waals surface area contributed by atoms with Crippen LogP contribution in [0.15, 0.2) is 17.1 Å². The topological polar surface area (TPSA) is 91.1 Å². The third kappa shape index (κ3) is 4.25. The van der Waals surface area contributed by atoms with Crippen LogP contribution in [0.5, 0.6) is 0 Å². The molecule has 6 nitrogen and oxygen atoms in total. The highest BCUT2D eigenvalue weighted by molar-refractivity contribution is 6.39. The molecule has 142 valence electrons. The van der Waals surface area contributed by atoms with Crippen molar-refractivity contribution in [2.75, 3.05) is 5.32 Å². The second-order valence-corrected chi connectivity index (χ2v) is 6.96. The van der Waals surface area contributed by atoms with Crippen molar-refractivity contribution >= 4 is 17.5 Å². The first kappa shape index (κ1) is 18.5. The van der Waals surface area contributed by atoms with Crippen LogP contribution >= 0.6 is 0 Å². The first-order chi connectivity index (χ1) is 12.3. The SMILES string of the molecule is O=C(Nc1cc(C(F)(F)F)c[nH]c1=O)C(=O)N[C@H]1C[C@@H]1C1CCCCC1. The predicted octanol–water partition coefficient (Wildman–Crippen LogP) is 2.42. The zero-order chi connectivity index (χ0) is 18.9. The van der Waals surface area contributed by atoms with Crippen molar-refractivity contribution < 1.29 is 22.8 Å². The van der Waals surface area contributed by atoms with E-state index < -0.39 is 34.8 Å². The van der Waals surface area contributed by atoms with E-state index in [1.807, 2.05) is 10.3 Å². The number of anilines is 1. The largest absolute Gasteiger partial charge is 0.417 e. The molecule has 1 aromatic rings. The van der Waals surface area contributed by atoms with Gasteiger partial charge in [-0.1, -0.05) is 32.1 Å². The van der Waals surface area contributed by atoms with Gasteiger partial charge in [-0.25, -0.2) is 0 Å². The van der Waals surface area contributed by atoms with Gasteiger partial charge in [-0.3, -0.25) is 14.4 Å². The highest BCUT2D eigenvalue weighted by Crippen LogP contribution is 2.44. The number of amides is 2. The van der Waals surface area contributed by atoms with Crippen molar-refractivity contribution in [2.24, 2.45) is 11.8 Å². The summed E-state index contributed by atoms with van der Waals surface area (Å²) in [7, 11) is 0. The number of pyridine rings is 1. The summed E-state index contributed by atoms with van der Waals surface area (Å²) in [5.41, 5.74) is -2.64. The third-order valence-electron chi connectivity index (χ3n) is 5.10. The van der Waals surface area contributed by atoms with E-state index in [0.717, 1.165) is 19.3 Å². The van der Waals surface area contributed by atoms with Crippen LogP contribution in [0.25, 0.3) is 0 Å². The average molecular weight is 371 g/mol. The number of carbonyl (C=O) groups excluding carboxylic acids is 2. The summed E-state index contributed by atoms with van der Waals surface area (Å²) in [5.74, 6) is -1.17. The van der Waals surface area contributed by atoms with E-state index in [0.29, 0.717) is 24.1 Å². The zero-order valence-corrected chi connectivity index (χ0v) is 14.0. The molecular formula is C17H20F3N3O3. The Morgan fingerprint density at radius 2 is 1.81 bits per heavy atom. The van der Waals surface area contributed by atoms with Gasteiger partial charge in [-0.05, 0) is 24.3 Å². The van der Waals surface area contributed by atoms with Gasteiger partial charge < -0.3 is 15.6 Å². The first-order valence-corrected chi connectivity index (χ1v) is 8.67. The molecule has 2 amide bonds. The first-order valence-electron chi connectivity index (χ1n) is 8.67. The molecule has 1 heterocycles. The van der Waals surface area contributed by atoms with Gasteiger partial charge in [-0.2, -0.15) is 13.2 Å². The van der Waals surface area contributed by atoms with Crippen LogP contribution in [0.3, 0.4) is 0 Å². The van der Waals surface area contributed by atoms with E-state index in [1.165, 1.54) is 19.3 Å². The molecule has 2 saturated carbocycles. The van der Waals surface area contributed by atoms with Crippen molar-refractivity contribution in [3.8, 4) is 0 Å². The summed E-state index contributed by atoms with van der Waals surface area (Å²) >= 11 is 0. The van der Waals surface area contributed by atoms with E-state index in [2.05, 4.69) is 5.32 Å². The van der Waals surface area contributed by atoms with Crippen LogP contribution in [-0.4, -0.2) is 22.8 Å². The normalized spacial score (nSPS) is 23.3. The Morgan fingerprint density at radius 3 is 2.46 bits per heavy atom. The Bertz CT molecular complexity index is 754. The third-order valence-corrected chi connectivity index (χ3v) is 5.10. The van der Waals surface area contributed by atoms with Crippen molar-refractivity contribution in [1.29, 1.82) is 0 Å². The lowest BCUT2D eigenvalue weighted by atomic mass is 9.85. The van der Waals surface area contributed by atoms with Gasteiger partial charge in [-0.15, -0.1) is 0 Å². The van der Waals surface area contributed by atoms with Crippen LogP contribution < -0.4 is 16.2 Å². The number of halogens is 3. The molecule has 1 aromatic heterocycles. The number of hydrogen-bond acceptors (Lipinski definition) is 3. The minimum absolute atomic E-state index is 0.0730. The number of carbonyl (C=O) groups is 2. The number of nitrogens with one attached hydrogen (secondary N) is 3. The molecule has 0 aliphatic heterocycles. The number of alkyl halides is 3. The monoisotopic (exact) mass is 371 g/mol. The summed E-state index contributed by atoms with van der Waals surface area (Å²) < 4.78 is 38.0. The quantitative estimate of drug-likeness (QED) is 0.713. The number of rotatable bonds is 3. The smallest absolute Gasteiger partial charge is 0.345 e. The average Bonchev–Trinajstić information content (AvgIpc) is 3.35. The lowest BCUT2D eigenvalue weighted by Crippen LogP contribution is -2.38. The molecule has 0 unspecified atom stereocenters. The van der Waals surface area contributed by atoms with E-state index >= 15 is 0 Å². The molecule has 0 radical (unpaired) electrons. The van der Waals surface area contributed by atoms with Gasteiger partial charge in [0.2, 0.25) is 0 Å². The maximum atomic E-state index is 12.7. The fourth-order valence-electron chi connectivity index (χ4n) is 3.62. The van der Waals surface area contributed by atoms with Gasteiger partial charge in [0.05, 0.1) is 5.56 Å². The lowest BCUT2D eigenvalue weighted by molar-refractivity contribution is -0.137. The molecule has 2 aliphatic carbocycles. The Kier molecular flexibility index (Phi) is 5.06. The van der Waals surface area contributed by atoms with Gasteiger partial charge in [0.25, 0.3) is 5.56 Å². The number of hydrogen-bond donors (Lipinski definition) is 3. The molecule has 0 bridgehead atoms. The maximum absolute atomic E-state index is 12.7. The Labute approximate surface area is 147 Å². The zero-order valence-electron chi connectivity index (χ0n) is 14.0. The van der Waals surface area contributed by atoms with Crippen LogP contribution in [-0.2, 0) is 15.8 Å². The summed E-state index contributed by atoms with van der Waals surface area (Å²) in [5, 5.41) is 4.56. The Balaban J connectivity index is 1.57. The maximum Gasteiger partial charge on any atom is 0.417 e. The summed E-state index contributed by atoms with van der Waals surface area (Å²) in [6.45, 7) is 0. The molecule has 3 rings (SSSR count). The minimum atomic E-state index is -4.67. The standard InChI is InChI=1S/C17H20F3N3O3/c18-17(19,20)10-6-13(14(24)21-8-10)23-16(26)15(25)22-12-7-11(12)9-4-2-1-3-5-9/h6,8-9,11-12H,1-5,7H2,(H,21,24)(H,22,25)(H,23,26)/t11-,12+/m1/s1. The second kappa shape index (κ2) is 7.13. The van der Waals surface area contributed by atoms with E-state index in [1.54, 1.807) is 0 Å². The van der Waals surface area contributed by atoms with Gasteiger partial charge in [0.15, 0.2) is 0 Å². The Hall–Kier alpha value is -2.32. The predicted molar refractivity (Wildman–Crippen MR) is 87.3 cm³/mol. The minimum Gasteiger partial charge on any atom is -0.345 e. The molecular weight excluding hydrogens is 351 g/mol. The molecule has 0 aromatic carbocycles. The van der Waals surface area contributed by atoms with E-state index in [4.69, 9.17) is 0 Å². The fourth-order valence-corrected chi connectivity index (χ4v) is 3.62. The van der Waals surface area contributed by atoms with Crippen LogP contribution in [0.4, 0.5) is 18.9 Å². The Morgan fingerprint density at radius 1 is 1.12 bits per heavy atom. The highest BCUT2D eigenvalue weighted by atomic mass is 19.4. The van der Waals surface area contributed by atoms with Gasteiger partial charge in [0.1, 0.15) is 5.69 Å². The van der Waals surface area contributed by atoms with Crippen LogP contribution in [0.1, 0.15) is 44.1 Å². The highest BCUT2D eigenvalue weighted by Gasteiger charge is 2.44.